The second kappa shape index (κ2) is 4.98. The second-order valence-electron chi connectivity index (χ2n) is 4.23. The van der Waals surface area contributed by atoms with Crippen molar-refractivity contribution in [2.45, 2.75) is 4.90 Å². The molecule has 2 aromatic heterocycles. The molecule has 0 unspecified atom stereocenters. The van der Waals surface area contributed by atoms with Gasteiger partial charge in [0.15, 0.2) is 0 Å². The van der Waals surface area contributed by atoms with E-state index in [-0.39, 0.29) is 10.8 Å². The van der Waals surface area contributed by atoms with E-state index >= 15 is 0 Å². The zero-order chi connectivity index (χ0) is 14.9. The summed E-state index contributed by atoms with van der Waals surface area (Å²) in [4.78, 5) is 11.8. The van der Waals surface area contributed by atoms with E-state index in [4.69, 9.17) is 5.73 Å². The van der Waals surface area contributed by atoms with E-state index in [1.54, 1.807) is 18.2 Å². The van der Waals surface area contributed by atoms with Gasteiger partial charge < -0.3 is 5.73 Å². The molecular weight excluding hydrogens is 290 g/mol. The number of aromatic nitrogens is 3. The molecule has 0 saturated carbocycles. The second-order valence-corrected chi connectivity index (χ2v) is 5.88. The number of rotatable bonds is 3. The smallest absolute Gasteiger partial charge is 0.266 e. The van der Waals surface area contributed by atoms with Gasteiger partial charge in [-0.3, -0.25) is 4.98 Å². The lowest BCUT2D eigenvalue weighted by Crippen LogP contribution is -2.15. The fraction of sp³-hybridized carbons (Fsp3) is 0. The summed E-state index contributed by atoms with van der Waals surface area (Å²) in [6.07, 6.45) is 4.41. The Kier molecular flexibility index (Phi) is 3.15. The van der Waals surface area contributed by atoms with Crippen LogP contribution in [-0.4, -0.2) is 23.4 Å². The van der Waals surface area contributed by atoms with Crippen LogP contribution >= 0.6 is 0 Å². The van der Waals surface area contributed by atoms with Gasteiger partial charge in [-0.25, -0.2) is 23.1 Å². The standard InChI is InChI=1S/C13H11N5O2S/c14-10-4-5-11(12-9(10)3-1-6-15-12)21(19,20)18-13-16-7-2-8-17-13/h1-8H,14H2,(H,16,17,18). The first kappa shape index (κ1) is 13.3. The third kappa shape index (κ3) is 2.48. The van der Waals surface area contributed by atoms with Crippen LogP contribution in [0.3, 0.4) is 0 Å². The number of nitrogens with zero attached hydrogens (tertiary/aromatic N) is 3. The van der Waals surface area contributed by atoms with E-state index in [0.29, 0.717) is 16.6 Å². The van der Waals surface area contributed by atoms with Crippen LogP contribution in [0.15, 0.2) is 53.8 Å². The molecule has 3 rings (SSSR count). The molecule has 0 fully saturated rings. The van der Waals surface area contributed by atoms with Gasteiger partial charge in [0.25, 0.3) is 10.0 Å². The molecule has 2 heterocycles. The molecule has 1 aromatic carbocycles. The Hall–Kier alpha value is -2.74. The van der Waals surface area contributed by atoms with E-state index in [0.717, 1.165) is 0 Å². The number of nitrogens with two attached hydrogens (primary N) is 1. The molecule has 0 radical (unpaired) electrons. The minimum absolute atomic E-state index is 0.00148. The number of sulfonamides is 1. The summed E-state index contributed by atoms with van der Waals surface area (Å²) >= 11 is 0. The van der Waals surface area contributed by atoms with Gasteiger partial charge in [-0.1, -0.05) is 0 Å². The van der Waals surface area contributed by atoms with Crippen LogP contribution in [0.4, 0.5) is 11.6 Å². The third-order valence-corrected chi connectivity index (χ3v) is 4.21. The summed E-state index contributed by atoms with van der Waals surface area (Å²) in [6.45, 7) is 0. The highest BCUT2D eigenvalue weighted by atomic mass is 32.2. The highest BCUT2D eigenvalue weighted by Gasteiger charge is 2.20. The highest BCUT2D eigenvalue weighted by molar-refractivity contribution is 7.93. The monoisotopic (exact) mass is 301 g/mol. The number of nitrogen functional groups attached to an aromatic ring is 1. The molecule has 0 saturated heterocycles. The van der Waals surface area contributed by atoms with Gasteiger partial charge in [0.05, 0.1) is 5.52 Å². The maximum atomic E-state index is 12.5. The van der Waals surface area contributed by atoms with Crippen molar-refractivity contribution in [3.8, 4) is 0 Å². The van der Waals surface area contributed by atoms with Crippen molar-refractivity contribution in [1.29, 1.82) is 0 Å². The first-order valence-corrected chi connectivity index (χ1v) is 7.49. The Bertz CT molecular complexity index is 897. The SMILES string of the molecule is Nc1ccc(S(=O)(=O)Nc2ncccn2)c2ncccc12. The van der Waals surface area contributed by atoms with Gasteiger partial charge in [0, 0.05) is 29.7 Å². The largest absolute Gasteiger partial charge is 0.398 e. The molecule has 0 atom stereocenters. The topological polar surface area (TPSA) is 111 Å². The zero-order valence-electron chi connectivity index (χ0n) is 10.8. The highest BCUT2D eigenvalue weighted by Crippen LogP contribution is 2.26. The molecule has 0 bridgehead atoms. The average Bonchev–Trinajstić information content (AvgIpc) is 2.48. The van der Waals surface area contributed by atoms with E-state index in [9.17, 15) is 8.42 Å². The summed E-state index contributed by atoms with van der Waals surface area (Å²) in [5, 5.41) is 0.578. The number of pyridine rings is 1. The molecule has 0 aliphatic heterocycles. The van der Waals surface area contributed by atoms with Gasteiger partial charge >= 0.3 is 0 Å². The van der Waals surface area contributed by atoms with E-state index in [1.807, 2.05) is 0 Å². The van der Waals surface area contributed by atoms with Crippen molar-refractivity contribution >= 4 is 32.6 Å². The minimum Gasteiger partial charge on any atom is -0.398 e. The Labute approximate surface area is 120 Å². The first-order chi connectivity index (χ1) is 10.1. The molecular formula is C13H11N5O2S. The molecule has 3 N–H and O–H groups in total. The van der Waals surface area contributed by atoms with Crippen LogP contribution in [0, 0.1) is 0 Å². The molecule has 0 aliphatic rings. The number of nitrogens with one attached hydrogen (secondary N) is 1. The average molecular weight is 301 g/mol. The van der Waals surface area contributed by atoms with Crippen molar-refractivity contribution in [1.82, 2.24) is 15.0 Å². The van der Waals surface area contributed by atoms with Crippen LogP contribution in [0.1, 0.15) is 0 Å². The number of hydrogen-bond donors (Lipinski definition) is 2. The maximum absolute atomic E-state index is 12.5. The fourth-order valence-electron chi connectivity index (χ4n) is 1.91. The van der Waals surface area contributed by atoms with Crippen LogP contribution in [0.5, 0.6) is 0 Å². The van der Waals surface area contributed by atoms with Gasteiger partial charge in [-0.05, 0) is 30.3 Å². The van der Waals surface area contributed by atoms with Crippen molar-refractivity contribution in [2.24, 2.45) is 0 Å². The molecule has 3 aromatic rings. The molecule has 0 amide bonds. The Morgan fingerprint density at radius 1 is 0.952 bits per heavy atom. The lowest BCUT2D eigenvalue weighted by Gasteiger charge is -2.09. The predicted molar refractivity (Wildman–Crippen MR) is 79.0 cm³/mol. The predicted octanol–water partition coefficient (Wildman–Crippen LogP) is 1.41. The summed E-state index contributed by atoms with van der Waals surface area (Å²) in [7, 11) is -3.85. The lowest BCUT2D eigenvalue weighted by molar-refractivity contribution is 0.601. The van der Waals surface area contributed by atoms with Gasteiger partial charge in [-0.2, -0.15) is 0 Å². The number of anilines is 2. The minimum atomic E-state index is -3.85. The van der Waals surface area contributed by atoms with E-state index in [2.05, 4.69) is 19.7 Å². The van der Waals surface area contributed by atoms with E-state index in [1.165, 1.54) is 30.7 Å². The molecule has 21 heavy (non-hydrogen) atoms. The van der Waals surface area contributed by atoms with Crippen LogP contribution in [0.2, 0.25) is 0 Å². The third-order valence-electron chi connectivity index (χ3n) is 2.85. The normalized spacial score (nSPS) is 11.4. The van der Waals surface area contributed by atoms with Crippen LogP contribution in [-0.2, 0) is 10.0 Å². The number of fused-ring (bicyclic) bond motifs is 1. The van der Waals surface area contributed by atoms with Gasteiger partial charge in [0.2, 0.25) is 5.95 Å². The van der Waals surface area contributed by atoms with Crippen molar-refractivity contribution in [2.75, 3.05) is 10.5 Å². The summed E-state index contributed by atoms with van der Waals surface area (Å²) in [6, 6.07) is 7.96. The molecule has 0 spiro atoms. The molecule has 0 aliphatic carbocycles. The first-order valence-electron chi connectivity index (χ1n) is 6.01. The number of benzene rings is 1. The van der Waals surface area contributed by atoms with Gasteiger partial charge in [-0.15, -0.1) is 0 Å². The molecule has 106 valence electrons. The molecule has 8 heteroatoms. The lowest BCUT2D eigenvalue weighted by atomic mass is 10.2. The quantitative estimate of drug-likeness (QED) is 0.707. The zero-order valence-corrected chi connectivity index (χ0v) is 11.6. The summed E-state index contributed by atoms with van der Waals surface area (Å²) < 4.78 is 27.2. The molecule has 7 nitrogen and oxygen atoms in total. The maximum Gasteiger partial charge on any atom is 0.266 e. The van der Waals surface area contributed by atoms with Crippen LogP contribution in [0.25, 0.3) is 10.9 Å². The Balaban J connectivity index is 2.14. The van der Waals surface area contributed by atoms with E-state index < -0.39 is 10.0 Å². The summed E-state index contributed by atoms with van der Waals surface area (Å²) in [5.41, 5.74) is 6.61. The van der Waals surface area contributed by atoms with Crippen molar-refractivity contribution in [3.05, 3.63) is 48.9 Å². The Morgan fingerprint density at radius 2 is 1.67 bits per heavy atom. The fourth-order valence-corrected chi connectivity index (χ4v) is 3.03. The van der Waals surface area contributed by atoms with Gasteiger partial charge in [0.1, 0.15) is 4.90 Å². The Morgan fingerprint density at radius 3 is 2.43 bits per heavy atom. The van der Waals surface area contributed by atoms with Crippen LogP contribution < -0.4 is 10.5 Å². The number of hydrogen-bond acceptors (Lipinski definition) is 6. The van der Waals surface area contributed by atoms with Crippen molar-refractivity contribution in [3.63, 3.8) is 0 Å². The van der Waals surface area contributed by atoms with Crippen molar-refractivity contribution < 1.29 is 8.42 Å². The summed E-state index contributed by atoms with van der Waals surface area (Å²) in [5.74, 6) is -0.00148.